The summed E-state index contributed by atoms with van der Waals surface area (Å²) in [6, 6.07) is 14.7. The highest BCUT2D eigenvalue weighted by Gasteiger charge is 2.03. The average Bonchev–Trinajstić information content (AvgIpc) is 2.46. The van der Waals surface area contributed by atoms with Gasteiger partial charge >= 0.3 is 0 Å². The molecule has 0 aromatic heterocycles. The number of rotatable bonds is 7. The van der Waals surface area contributed by atoms with Gasteiger partial charge in [-0.1, -0.05) is 30.3 Å². The van der Waals surface area contributed by atoms with E-state index in [-0.39, 0.29) is 0 Å². The fourth-order valence-electron chi connectivity index (χ4n) is 2.19. The summed E-state index contributed by atoms with van der Waals surface area (Å²) >= 11 is 0. The number of likely N-dealkylation sites (N-methyl/N-ethyl adjacent to an activating group) is 1. The molecular weight excluding hydrogens is 264 g/mol. The Kier molecular flexibility index (Phi) is 5.60. The third-order valence-corrected chi connectivity index (χ3v) is 3.41. The van der Waals surface area contributed by atoms with E-state index in [2.05, 4.69) is 5.43 Å². The van der Waals surface area contributed by atoms with Crippen LogP contribution in [0.1, 0.15) is 11.1 Å². The maximum atomic E-state index is 9.71. The van der Waals surface area contributed by atoms with E-state index in [4.69, 9.17) is 0 Å². The number of para-hydroxylation sites is 1. The summed E-state index contributed by atoms with van der Waals surface area (Å²) in [6.07, 6.45) is 1.65. The van der Waals surface area contributed by atoms with Gasteiger partial charge in [0.2, 0.25) is 0 Å². The van der Waals surface area contributed by atoms with Crippen LogP contribution in [-0.2, 0) is 12.8 Å². The molecule has 0 spiro atoms. The number of phenolic OH excluding ortho intramolecular Hbond substituents is 2. The molecule has 3 N–H and O–H groups in total. The topological polar surface area (TPSA) is 55.7 Å². The Morgan fingerprint density at radius 2 is 1.81 bits per heavy atom. The summed E-state index contributed by atoms with van der Waals surface area (Å²) in [5, 5.41) is 21.1. The minimum absolute atomic E-state index is 0.306. The summed E-state index contributed by atoms with van der Waals surface area (Å²) in [5.41, 5.74) is 5.38. The molecule has 0 saturated carbocycles. The monoisotopic (exact) mass is 286 g/mol. The Hall–Kier alpha value is -2.04. The van der Waals surface area contributed by atoms with Gasteiger partial charge in [0.15, 0.2) is 0 Å². The highest BCUT2D eigenvalue weighted by atomic mass is 16.3. The molecule has 0 unspecified atom stereocenters. The lowest BCUT2D eigenvalue weighted by Crippen LogP contribution is -2.37. The van der Waals surface area contributed by atoms with Crippen LogP contribution in [-0.4, -0.2) is 35.4 Å². The number of hydrogen-bond donors (Lipinski definition) is 3. The van der Waals surface area contributed by atoms with Gasteiger partial charge in [-0.25, -0.2) is 5.01 Å². The molecule has 2 rings (SSSR count). The highest BCUT2D eigenvalue weighted by Crippen LogP contribution is 2.16. The van der Waals surface area contributed by atoms with E-state index in [1.807, 2.05) is 42.4 Å². The van der Waals surface area contributed by atoms with Crippen LogP contribution >= 0.6 is 0 Å². The van der Waals surface area contributed by atoms with Crippen molar-refractivity contribution in [3.63, 3.8) is 0 Å². The van der Waals surface area contributed by atoms with E-state index in [9.17, 15) is 10.2 Å². The number of phenols is 2. The predicted octanol–water partition coefficient (Wildman–Crippen LogP) is 2.32. The average molecular weight is 286 g/mol. The van der Waals surface area contributed by atoms with Gasteiger partial charge in [-0.3, -0.25) is 5.43 Å². The molecule has 0 atom stereocenters. The van der Waals surface area contributed by atoms with E-state index >= 15 is 0 Å². The third-order valence-electron chi connectivity index (χ3n) is 3.41. The number of hydrazine groups is 1. The van der Waals surface area contributed by atoms with Crippen molar-refractivity contribution in [3.05, 3.63) is 59.7 Å². The third kappa shape index (κ3) is 5.10. The van der Waals surface area contributed by atoms with E-state index in [1.54, 1.807) is 18.2 Å². The van der Waals surface area contributed by atoms with Gasteiger partial charge in [0.1, 0.15) is 11.5 Å². The lowest BCUT2D eigenvalue weighted by molar-refractivity contribution is 0.239. The molecule has 0 aliphatic carbocycles. The number of nitrogens with one attached hydrogen (secondary N) is 1. The number of nitrogens with zero attached hydrogens (tertiary/aromatic N) is 1. The van der Waals surface area contributed by atoms with Crippen molar-refractivity contribution in [2.24, 2.45) is 0 Å². The molecule has 0 amide bonds. The van der Waals surface area contributed by atoms with Gasteiger partial charge < -0.3 is 10.2 Å². The van der Waals surface area contributed by atoms with Crippen molar-refractivity contribution in [2.45, 2.75) is 12.8 Å². The second-order valence-electron chi connectivity index (χ2n) is 5.13. The fraction of sp³-hybridized carbons (Fsp3) is 0.294. The predicted molar refractivity (Wildman–Crippen MR) is 84.3 cm³/mol. The number of benzene rings is 2. The van der Waals surface area contributed by atoms with Crippen molar-refractivity contribution in [2.75, 3.05) is 20.1 Å². The zero-order chi connectivity index (χ0) is 15.1. The zero-order valence-corrected chi connectivity index (χ0v) is 12.3. The van der Waals surface area contributed by atoms with Crippen LogP contribution in [0.15, 0.2) is 48.5 Å². The van der Waals surface area contributed by atoms with E-state index in [1.165, 1.54) is 0 Å². The van der Waals surface area contributed by atoms with Gasteiger partial charge in [-0.15, -0.1) is 0 Å². The van der Waals surface area contributed by atoms with Crippen molar-refractivity contribution in [3.8, 4) is 11.5 Å². The quantitative estimate of drug-likeness (QED) is 0.684. The smallest absolute Gasteiger partial charge is 0.118 e. The molecule has 0 aliphatic rings. The molecule has 0 fully saturated rings. The van der Waals surface area contributed by atoms with E-state index < -0.39 is 0 Å². The Morgan fingerprint density at radius 1 is 1.00 bits per heavy atom. The first-order valence-corrected chi connectivity index (χ1v) is 7.14. The van der Waals surface area contributed by atoms with Crippen LogP contribution in [0.25, 0.3) is 0 Å². The highest BCUT2D eigenvalue weighted by molar-refractivity contribution is 5.31. The van der Waals surface area contributed by atoms with E-state index in [0.29, 0.717) is 11.5 Å². The van der Waals surface area contributed by atoms with Crippen LogP contribution in [0.5, 0.6) is 11.5 Å². The van der Waals surface area contributed by atoms with Gasteiger partial charge in [0.05, 0.1) is 0 Å². The van der Waals surface area contributed by atoms with Crippen molar-refractivity contribution >= 4 is 0 Å². The Bertz CT molecular complexity index is 572. The summed E-state index contributed by atoms with van der Waals surface area (Å²) in [5.74, 6) is 0.658. The Labute approximate surface area is 125 Å². The first-order valence-electron chi connectivity index (χ1n) is 7.14. The summed E-state index contributed by atoms with van der Waals surface area (Å²) in [4.78, 5) is 0. The Morgan fingerprint density at radius 3 is 2.57 bits per heavy atom. The lowest BCUT2D eigenvalue weighted by Gasteiger charge is -2.18. The molecule has 2 aromatic carbocycles. The molecule has 0 radical (unpaired) electrons. The van der Waals surface area contributed by atoms with Crippen molar-refractivity contribution in [1.82, 2.24) is 10.4 Å². The molecule has 21 heavy (non-hydrogen) atoms. The molecule has 4 nitrogen and oxygen atoms in total. The minimum Gasteiger partial charge on any atom is -0.508 e. The van der Waals surface area contributed by atoms with Crippen molar-refractivity contribution < 1.29 is 10.2 Å². The van der Waals surface area contributed by atoms with Crippen LogP contribution in [0.2, 0.25) is 0 Å². The maximum absolute atomic E-state index is 9.71. The summed E-state index contributed by atoms with van der Waals surface area (Å²) < 4.78 is 0. The molecule has 4 heteroatoms. The standard InChI is InChI=1S/C17H22N2O2/c1-19(12-10-15-6-2-3-8-17(15)21)18-11-9-14-5-4-7-16(20)13-14/h2-8,13,18,20-21H,9-12H2,1H3. The van der Waals surface area contributed by atoms with E-state index in [0.717, 1.165) is 37.1 Å². The van der Waals surface area contributed by atoms with Crippen LogP contribution in [0.4, 0.5) is 0 Å². The van der Waals surface area contributed by atoms with Crippen LogP contribution in [0.3, 0.4) is 0 Å². The molecular formula is C17H22N2O2. The summed E-state index contributed by atoms with van der Waals surface area (Å²) in [7, 11) is 1.99. The molecule has 2 aromatic rings. The van der Waals surface area contributed by atoms with Gasteiger partial charge in [-0.05, 0) is 42.2 Å². The number of aromatic hydroxyl groups is 2. The van der Waals surface area contributed by atoms with Gasteiger partial charge in [0.25, 0.3) is 0 Å². The second-order valence-corrected chi connectivity index (χ2v) is 5.13. The first-order chi connectivity index (χ1) is 10.1. The second kappa shape index (κ2) is 7.67. The maximum Gasteiger partial charge on any atom is 0.118 e. The first kappa shape index (κ1) is 15.4. The van der Waals surface area contributed by atoms with Crippen molar-refractivity contribution in [1.29, 1.82) is 0 Å². The largest absolute Gasteiger partial charge is 0.508 e. The number of hydrogen-bond acceptors (Lipinski definition) is 4. The molecule has 0 bridgehead atoms. The van der Waals surface area contributed by atoms with Gasteiger partial charge in [-0.2, -0.15) is 0 Å². The lowest BCUT2D eigenvalue weighted by atomic mass is 10.1. The molecule has 112 valence electrons. The SMILES string of the molecule is CN(CCc1ccccc1O)NCCc1cccc(O)c1. The molecule has 0 heterocycles. The zero-order valence-electron chi connectivity index (χ0n) is 12.3. The minimum atomic E-state index is 0.306. The normalized spacial score (nSPS) is 11.0. The van der Waals surface area contributed by atoms with Gasteiger partial charge in [0, 0.05) is 20.1 Å². The Balaban J connectivity index is 1.70. The molecule has 0 saturated heterocycles. The molecule has 0 aliphatic heterocycles. The fourth-order valence-corrected chi connectivity index (χ4v) is 2.19. The summed E-state index contributed by atoms with van der Waals surface area (Å²) in [6.45, 7) is 1.62. The van der Waals surface area contributed by atoms with Crippen LogP contribution in [0, 0.1) is 0 Å². The van der Waals surface area contributed by atoms with Crippen LogP contribution < -0.4 is 5.43 Å².